The van der Waals surface area contributed by atoms with Crippen molar-refractivity contribution in [3.8, 4) is 0 Å². The molecule has 1 aliphatic heterocycles. The lowest BCUT2D eigenvalue weighted by atomic mass is 10.1. The van der Waals surface area contributed by atoms with Crippen LogP contribution in [0.25, 0.3) is 0 Å². The fourth-order valence-corrected chi connectivity index (χ4v) is 2.78. The highest BCUT2D eigenvalue weighted by molar-refractivity contribution is 6.30. The summed E-state index contributed by atoms with van der Waals surface area (Å²) in [5.41, 5.74) is 1.13. The lowest BCUT2D eigenvalue weighted by Gasteiger charge is -2.27. The van der Waals surface area contributed by atoms with E-state index < -0.39 is 0 Å². The van der Waals surface area contributed by atoms with Crippen molar-refractivity contribution < 1.29 is 9.53 Å². The van der Waals surface area contributed by atoms with Crippen LogP contribution >= 0.6 is 11.6 Å². The van der Waals surface area contributed by atoms with E-state index in [4.69, 9.17) is 16.3 Å². The summed E-state index contributed by atoms with van der Waals surface area (Å²) in [6.07, 6.45) is 2.71. The number of benzene rings is 1. The maximum Gasteiger partial charge on any atom is 0.225 e. The van der Waals surface area contributed by atoms with Gasteiger partial charge in [0.1, 0.15) is 0 Å². The minimum atomic E-state index is 0.0118. The topological polar surface area (TPSA) is 41.6 Å². The average molecular weight is 309 g/mol. The molecule has 2 aliphatic rings. The molecule has 1 atom stereocenters. The van der Waals surface area contributed by atoms with Crippen LogP contribution in [-0.2, 0) is 16.1 Å². The van der Waals surface area contributed by atoms with Gasteiger partial charge in [0.15, 0.2) is 0 Å². The molecule has 2 fully saturated rings. The van der Waals surface area contributed by atoms with Gasteiger partial charge in [0.05, 0.1) is 19.1 Å². The van der Waals surface area contributed by atoms with Crippen LogP contribution < -0.4 is 5.32 Å². The van der Waals surface area contributed by atoms with Crippen LogP contribution in [-0.4, -0.2) is 42.6 Å². The van der Waals surface area contributed by atoms with E-state index in [1.54, 1.807) is 0 Å². The summed E-state index contributed by atoms with van der Waals surface area (Å²) in [5.74, 6) is 0.196. The highest BCUT2D eigenvalue weighted by Crippen LogP contribution is 2.29. The van der Waals surface area contributed by atoms with Crippen molar-refractivity contribution in [2.75, 3.05) is 19.7 Å². The second kappa shape index (κ2) is 6.77. The highest BCUT2D eigenvalue weighted by Gasteiger charge is 2.33. The predicted octanol–water partition coefficient (Wildman–Crippen LogP) is 2.21. The highest BCUT2D eigenvalue weighted by atomic mass is 35.5. The monoisotopic (exact) mass is 308 g/mol. The Bertz CT molecular complexity index is 482. The van der Waals surface area contributed by atoms with E-state index in [1.165, 1.54) is 0 Å². The molecule has 114 valence electrons. The molecule has 1 aromatic carbocycles. The first-order valence-electron chi connectivity index (χ1n) is 7.58. The van der Waals surface area contributed by atoms with Crippen LogP contribution in [0.2, 0.25) is 5.02 Å². The fraction of sp³-hybridized carbons (Fsp3) is 0.562. The first kappa shape index (κ1) is 14.8. The number of nitrogens with zero attached hydrogens (tertiary/aromatic N) is 1. The summed E-state index contributed by atoms with van der Waals surface area (Å²) in [4.78, 5) is 14.6. The molecule has 4 nitrogen and oxygen atoms in total. The van der Waals surface area contributed by atoms with Gasteiger partial charge >= 0.3 is 0 Å². The molecule has 5 heteroatoms. The Labute approximate surface area is 130 Å². The van der Waals surface area contributed by atoms with Crippen molar-refractivity contribution in [1.82, 2.24) is 10.2 Å². The van der Waals surface area contributed by atoms with Crippen LogP contribution in [0.5, 0.6) is 0 Å². The molecule has 1 aromatic rings. The van der Waals surface area contributed by atoms with E-state index in [9.17, 15) is 4.79 Å². The number of rotatable bonds is 5. The molecule has 1 unspecified atom stereocenters. The molecular weight excluding hydrogens is 288 g/mol. The Kier molecular flexibility index (Phi) is 4.78. The fourth-order valence-electron chi connectivity index (χ4n) is 2.66. The van der Waals surface area contributed by atoms with Crippen molar-refractivity contribution in [1.29, 1.82) is 0 Å². The molecule has 0 radical (unpaired) electrons. The Balaban J connectivity index is 1.60. The summed E-state index contributed by atoms with van der Waals surface area (Å²) in [5, 5.41) is 4.00. The molecule has 1 aliphatic carbocycles. The Hall–Kier alpha value is -1.10. The first-order valence-corrected chi connectivity index (χ1v) is 7.96. The van der Waals surface area contributed by atoms with E-state index in [2.05, 4.69) is 5.32 Å². The quantitative estimate of drug-likeness (QED) is 0.907. The summed E-state index contributed by atoms with van der Waals surface area (Å²) in [6.45, 7) is 3.01. The number of carbonyl (C=O) groups excluding carboxylic acids is 1. The van der Waals surface area contributed by atoms with Gasteiger partial charge in [-0.1, -0.05) is 23.7 Å². The number of nitrogens with one attached hydrogen (secondary N) is 1. The molecule has 3 rings (SSSR count). The SMILES string of the molecule is O=C(CC1CNCCO1)N(Cc1ccc(Cl)cc1)C1CC1. The van der Waals surface area contributed by atoms with Crippen molar-refractivity contribution in [2.45, 2.75) is 38.0 Å². The molecule has 0 spiro atoms. The molecule has 1 amide bonds. The predicted molar refractivity (Wildman–Crippen MR) is 82.3 cm³/mol. The third-order valence-electron chi connectivity index (χ3n) is 3.98. The molecular formula is C16H21ClN2O2. The minimum absolute atomic E-state index is 0.0118. The van der Waals surface area contributed by atoms with Gasteiger partial charge in [0.25, 0.3) is 0 Å². The molecule has 1 saturated heterocycles. The van der Waals surface area contributed by atoms with Gasteiger partial charge in [-0.05, 0) is 30.5 Å². The van der Waals surface area contributed by atoms with E-state index in [0.29, 0.717) is 25.6 Å². The normalized spacial score (nSPS) is 22.0. The standard InChI is InChI=1S/C16H21ClN2O2/c17-13-3-1-12(2-4-13)11-19(14-5-6-14)16(20)9-15-10-18-7-8-21-15/h1-4,14-15,18H,5-11H2. The lowest BCUT2D eigenvalue weighted by Crippen LogP contribution is -2.42. The third-order valence-corrected chi connectivity index (χ3v) is 4.23. The van der Waals surface area contributed by atoms with Gasteiger partial charge in [-0.2, -0.15) is 0 Å². The lowest BCUT2D eigenvalue weighted by molar-refractivity contribution is -0.136. The van der Waals surface area contributed by atoms with Crippen LogP contribution in [0.4, 0.5) is 0 Å². The second-order valence-corrected chi connectivity index (χ2v) is 6.22. The summed E-state index contributed by atoms with van der Waals surface area (Å²) < 4.78 is 5.64. The first-order chi connectivity index (χ1) is 10.2. The van der Waals surface area contributed by atoms with Gasteiger partial charge in [0, 0.05) is 30.7 Å². The zero-order valence-corrected chi connectivity index (χ0v) is 12.8. The van der Waals surface area contributed by atoms with Crippen LogP contribution in [0, 0.1) is 0 Å². The minimum Gasteiger partial charge on any atom is -0.375 e. The zero-order valence-electron chi connectivity index (χ0n) is 12.1. The number of amides is 1. The smallest absolute Gasteiger partial charge is 0.225 e. The third kappa shape index (κ3) is 4.19. The summed E-state index contributed by atoms with van der Waals surface area (Å²) >= 11 is 5.91. The van der Waals surface area contributed by atoms with E-state index in [0.717, 1.165) is 36.5 Å². The Morgan fingerprint density at radius 2 is 2.10 bits per heavy atom. The molecule has 0 aromatic heterocycles. The summed E-state index contributed by atoms with van der Waals surface area (Å²) in [7, 11) is 0. The van der Waals surface area contributed by atoms with Gasteiger partial charge in [-0.15, -0.1) is 0 Å². The van der Waals surface area contributed by atoms with E-state index >= 15 is 0 Å². The van der Waals surface area contributed by atoms with Crippen LogP contribution in [0.15, 0.2) is 24.3 Å². The maximum absolute atomic E-state index is 12.6. The number of hydrogen-bond donors (Lipinski definition) is 1. The molecule has 1 heterocycles. The van der Waals surface area contributed by atoms with Gasteiger partial charge < -0.3 is 15.0 Å². The summed E-state index contributed by atoms with van der Waals surface area (Å²) in [6, 6.07) is 8.14. The van der Waals surface area contributed by atoms with Crippen molar-refractivity contribution in [2.24, 2.45) is 0 Å². The van der Waals surface area contributed by atoms with E-state index in [-0.39, 0.29) is 12.0 Å². The average Bonchev–Trinajstić information content (AvgIpc) is 3.32. The maximum atomic E-state index is 12.6. The largest absolute Gasteiger partial charge is 0.375 e. The second-order valence-electron chi connectivity index (χ2n) is 5.78. The molecule has 1 saturated carbocycles. The van der Waals surface area contributed by atoms with E-state index in [1.807, 2.05) is 29.2 Å². The van der Waals surface area contributed by atoms with Gasteiger partial charge in [-0.25, -0.2) is 0 Å². The number of hydrogen-bond acceptors (Lipinski definition) is 3. The number of halogens is 1. The number of morpholine rings is 1. The Morgan fingerprint density at radius 3 is 2.71 bits per heavy atom. The molecule has 21 heavy (non-hydrogen) atoms. The molecule has 0 bridgehead atoms. The van der Waals surface area contributed by atoms with Crippen LogP contribution in [0.1, 0.15) is 24.8 Å². The number of ether oxygens (including phenoxy) is 1. The van der Waals surface area contributed by atoms with Crippen molar-refractivity contribution in [3.05, 3.63) is 34.9 Å². The zero-order chi connectivity index (χ0) is 14.7. The van der Waals surface area contributed by atoms with Gasteiger partial charge in [-0.3, -0.25) is 4.79 Å². The molecule has 1 N–H and O–H groups in total. The number of carbonyl (C=O) groups is 1. The van der Waals surface area contributed by atoms with Crippen molar-refractivity contribution >= 4 is 17.5 Å². The van der Waals surface area contributed by atoms with Crippen LogP contribution in [0.3, 0.4) is 0 Å². The van der Waals surface area contributed by atoms with Crippen molar-refractivity contribution in [3.63, 3.8) is 0 Å². The Morgan fingerprint density at radius 1 is 1.33 bits per heavy atom. The van der Waals surface area contributed by atoms with Gasteiger partial charge in [0.2, 0.25) is 5.91 Å².